The van der Waals surface area contributed by atoms with Gasteiger partial charge in [0, 0.05) is 20.7 Å². The maximum Gasteiger partial charge on any atom is 0.295 e. The number of carbonyl (C=O) groups excluding carboxylic acids is 1. The molecule has 1 amide bonds. The molecule has 0 saturated carbocycles. The molecule has 4 aromatic rings. The highest BCUT2D eigenvalue weighted by Gasteiger charge is 2.19. The van der Waals surface area contributed by atoms with Gasteiger partial charge in [-0.25, -0.2) is 9.67 Å². The van der Waals surface area contributed by atoms with E-state index in [1.54, 1.807) is 28.9 Å². The molecule has 1 aromatic heterocycles. The van der Waals surface area contributed by atoms with E-state index in [4.69, 9.17) is 16.3 Å². The Hall–Kier alpha value is -3.16. The van der Waals surface area contributed by atoms with Gasteiger partial charge in [-0.05, 0) is 67.9 Å². The summed E-state index contributed by atoms with van der Waals surface area (Å²) < 4.78 is 8.01. The quantitative estimate of drug-likeness (QED) is 0.329. The number of ether oxygens (including phenoxy) is 1. The number of nitrogens with zero attached hydrogens (tertiary/aromatic N) is 3. The first-order chi connectivity index (χ1) is 15.4. The number of halogens is 2. The minimum absolute atomic E-state index is 0.0495. The monoisotopic (exact) mass is 510 g/mol. The molecule has 0 spiro atoms. The van der Waals surface area contributed by atoms with Crippen molar-refractivity contribution in [2.24, 2.45) is 0 Å². The molecular formula is C24H20BrClN4O2. The summed E-state index contributed by atoms with van der Waals surface area (Å²) in [5.74, 6) is 0.911. The van der Waals surface area contributed by atoms with Gasteiger partial charge in [-0.3, -0.25) is 4.79 Å². The zero-order chi connectivity index (χ0) is 22.7. The van der Waals surface area contributed by atoms with E-state index in [0.29, 0.717) is 28.8 Å². The Kier molecular flexibility index (Phi) is 6.58. The Balaban J connectivity index is 1.70. The zero-order valence-electron chi connectivity index (χ0n) is 17.5. The van der Waals surface area contributed by atoms with Crippen LogP contribution in [0.4, 0.5) is 5.69 Å². The second-order valence-corrected chi connectivity index (χ2v) is 8.35. The van der Waals surface area contributed by atoms with Crippen molar-refractivity contribution in [3.63, 3.8) is 0 Å². The summed E-state index contributed by atoms with van der Waals surface area (Å²) in [4.78, 5) is 17.5. The van der Waals surface area contributed by atoms with Crippen LogP contribution in [0.3, 0.4) is 0 Å². The number of aryl methyl sites for hydroxylation is 1. The minimum atomic E-state index is -0.413. The lowest BCUT2D eigenvalue weighted by Gasteiger charge is -2.08. The first-order valence-electron chi connectivity index (χ1n) is 9.98. The molecule has 4 rings (SSSR count). The Morgan fingerprint density at radius 2 is 1.81 bits per heavy atom. The number of anilines is 1. The van der Waals surface area contributed by atoms with Crippen molar-refractivity contribution in [2.45, 2.75) is 13.8 Å². The average molecular weight is 512 g/mol. The Labute approximate surface area is 199 Å². The first kappa shape index (κ1) is 22.0. The molecule has 1 heterocycles. The predicted molar refractivity (Wildman–Crippen MR) is 130 cm³/mol. The number of carbonyl (C=O) groups is 1. The maximum absolute atomic E-state index is 12.9. The smallest absolute Gasteiger partial charge is 0.295 e. The molecule has 1 N–H and O–H groups in total. The van der Waals surface area contributed by atoms with Crippen molar-refractivity contribution in [1.82, 2.24) is 14.8 Å². The number of hydrogen-bond acceptors (Lipinski definition) is 4. The molecule has 0 fully saturated rings. The highest BCUT2D eigenvalue weighted by Crippen LogP contribution is 2.26. The number of rotatable bonds is 6. The van der Waals surface area contributed by atoms with Crippen LogP contribution < -0.4 is 10.1 Å². The lowest BCUT2D eigenvalue weighted by Crippen LogP contribution is -2.14. The summed E-state index contributed by atoms with van der Waals surface area (Å²) in [6, 6.07) is 20.4. The molecule has 162 valence electrons. The van der Waals surface area contributed by atoms with E-state index < -0.39 is 5.91 Å². The zero-order valence-corrected chi connectivity index (χ0v) is 19.8. The molecule has 0 bridgehead atoms. The topological polar surface area (TPSA) is 69.0 Å². The van der Waals surface area contributed by atoms with Gasteiger partial charge >= 0.3 is 0 Å². The molecule has 6 nitrogen and oxygen atoms in total. The second-order valence-electron chi connectivity index (χ2n) is 7.02. The van der Waals surface area contributed by atoms with Crippen molar-refractivity contribution in [3.05, 3.63) is 87.6 Å². The summed E-state index contributed by atoms with van der Waals surface area (Å²) in [6.07, 6.45) is 0. The van der Waals surface area contributed by atoms with Crippen molar-refractivity contribution in [3.8, 4) is 22.8 Å². The summed E-state index contributed by atoms with van der Waals surface area (Å²) in [6.45, 7) is 4.43. The van der Waals surface area contributed by atoms with E-state index in [-0.39, 0.29) is 5.82 Å². The predicted octanol–water partition coefficient (Wildman–Crippen LogP) is 6.31. The summed E-state index contributed by atoms with van der Waals surface area (Å²) in [5, 5.41) is 7.94. The number of nitrogens with one attached hydrogen (secondary N) is 1. The van der Waals surface area contributed by atoms with Gasteiger partial charge in [-0.1, -0.05) is 45.7 Å². The summed E-state index contributed by atoms with van der Waals surface area (Å²) >= 11 is 9.78. The van der Waals surface area contributed by atoms with Crippen LogP contribution in [0.15, 0.2) is 71.2 Å². The number of benzene rings is 3. The molecule has 0 saturated heterocycles. The van der Waals surface area contributed by atoms with Crippen LogP contribution >= 0.6 is 27.5 Å². The van der Waals surface area contributed by atoms with Gasteiger partial charge in [0.2, 0.25) is 5.82 Å². The molecule has 0 atom stereocenters. The van der Waals surface area contributed by atoms with Crippen molar-refractivity contribution >= 4 is 39.1 Å². The van der Waals surface area contributed by atoms with Gasteiger partial charge in [0.05, 0.1) is 12.3 Å². The van der Waals surface area contributed by atoms with E-state index in [1.807, 2.05) is 56.3 Å². The van der Waals surface area contributed by atoms with Gasteiger partial charge in [0.25, 0.3) is 5.91 Å². The van der Waals surface area contributed by atoms with E-state index >= 15 is 0 Å². The Morgan fingerprint density at radius 3 is 2.47 bits per heavy atom. The van der Waals surface area contributed by atoms with Crippen LogP contribution in [0.25, 0.3) is 17.1 Å². The third-order valence-electron chi connectivity index (χ3n) is 4.74. The molecule has 0 aliphatic carbocycles. The molecule has 8 heteroatoms. The fourth-order valence-electron chi connectivity index (χ4n) is 3.08. The van der Waals surface area contributed by atoms with Crippen LogP contribution in [0.1, 0.15) is 23.1 Å². The second kappa shape index (κ2) is 9.54. The van der Waals surface area contributed by atoms with Gasteiger partial charge in [0.1, 0.15) is 5.75 Å². The maximum atomic E-state index is 12.9. The standard InChI is InChI=1S/C24H20BrClN4O2/c1-3-32-20-12-9-18(10-13-20)27-24(31)22-28-23(16-5-7-17(25)8-6-16)30(29-22)19-11-4-15(2)21(26)14-19/h4-14H,3H2,1-2H3,(H,27,31). The van der Waals surface area contributed by atoms with Crippen LogP contribution in [-0.4, -0.2) is 27.3 Å². The van der Waals surface area contributed by atoms with Crippen LogP contribution in [-0.2, 0) is 0 Å². The highest BCUT2D eigenvalue weighted by molar-refractivity contribution is 9.10. The lowest BCUT2D eigenvalue weighted by atomic mass is 10.2. The van der Waals surface area contributed by atoms with Gasteiger partial charge in [-0.15, -0.1) is 5.10 Å². The largest absolute Gasteiger partial charge is 0.494 e. The van der Waals surface area contributed by atoms with Crippen LogP contribution in [0.5, 0.6) is 5.75 Å². The van der Waals surface area contributed by atoms with E-state index in [1.165, 1.54) is 0 Å². The summed E-state index contributed by atoms with van der Waals surface area (Å²) in [7, 11) is 0. The van der Waals surface area contributed by atoms with Gasteiger partial charge in [0.15, 0.2) is 5.82 Å². The van der Waals surface area contributed by atoms with E-state index in [2.05, 4.69) is 31.3 Å². The van der Waals surface area contributed by atoms with E-state index in [9.17, 15) is 4.79 Å². The molecule has 0 aliphatic rings. The molecule has 32 heavy (non-hydrogen) atoms. The fourth-order valence-corrected chi connectivity index (χ4v) is 3.51. The fraction of sp³-hybridized carbons (Fsp3) is 0.125. The van der Waals surface area contributed by atoms with Crippen molar-refractivity contribution < 1.29 is 9.53 Å². The number of amides is 1. The van der Waals surface area contributed by atoms with Crippen LogP contribution in [0, 0.1) is 6.92 Å². The Bertz CT molecular complexity index is 1250. The van der Waals surface area contributed by atoms with E-state index in [0.717, 1.165) is 21.3 Å². The molecule has 0 radical (unpaired) electrons. The van der Waals surface area contributed by atoms with Crippen LogP contribution in [0.2, 0.25) is 5.02 Å². The third kappa shape index (κ3) is 4.84. The Morgan fingerprint density at radius 1 is 1.09 bits per heavy atom. The molecular weight excluding hydrogens is 492 g/mol. The molecule has 0 aliphatic heterocycles. The van der Waals surface area contributed by atoms with Crippen molar-refractivity contribution in [1.29, 1.82) is 0 Å². The van der Waals surface area contributed by atoms with Gasteiger partial charge < -0.3 is 10.1 Å². The summed E-state index contributed by atoms with van der Waals surface area (Å²) in [5.41, 5.74) is 3.11. The average Bonchev–Trinajstić information content (AvgIpc) is 3.23. The highest BCUT2D eigenvalue weighted by atomic mass is 79.9. The molecule has 0 unspecified atom stereocenters. The normalized spacial score (nSPS) is 10.8. The number of aromatic nitrogens is 3. The SMILES string of the molecule is CCOc1ccc(NC(=O)c2nc(-c3ccc(Br)cc3)n(-c3ccc(C)c(Cl)c3)n2)cc1. The number of hydrogen-bond donors (Lipinski definition) is 1. The molecule has 3 aromatic carbocycles. The van der Waals surface area contributed by atoms with Crippen molar-refractivity contribution in [2.75, 3.05) is 11.9 Å². The lowest BCUT2D eigenvalue weighted by molar-refractivity contribution is 0.101. The third-order valence-corrected chi connectivity index (χ3v) is 5.67. The minimum Gasteiger partial charge on any atom is -0.494 e. The van der Waals surface area contributed by atoms with Gasteiger partial charge in [-0.2, -0.15) is 0 Å². The first-order valence-corrected chi connectivity index (χ1v) is 11.2.